The fraction of sp³-hybridized carbons (Fsp3) is 0.706. The summed E-state index contributed by atoms with van der Waals surface area (Å²) in [5, 5.41) is 0. The third-order valence-electron chi connectivity index (χ3n) is 4.46. The number of esters is 1. The number of ether oxygens (including phenoxy) is 1. The number of fused-ring (bicyclic) bond motifs is 5. The minimum absolute atomic E-state index is 0.347. The number of rotatable bonds is 1. The summed E-state index contributed by atoms with van der Waals surface area (Å²) in [5.74, 6) is 4.01. The van der Waals surface area contributed by atoms with Crippen molar-refractivity contribution < 1.29 is 9.53 Å². The molecule has 0 saturated heterocycles. The molecule has 4 unspecified atom stereocenters. The Labute approximate surface area is 117 Å². The summed E-state index contributed by atoms with van der Waals surface area (Å²) in [6, 6.07) is 0. The van der Waals surface area contributed by atoms with Gasteiger partial charge in [-0.1, -0.05) is 32.6 Å². The average molecular weight is 264 g/mol. The van der Waals surface area contributed by atoms with Crippen LogP contribution in [0.25, 0.3) is 0 Å². The molecule has 4 atom stereocenters. The van der Waals surface area contributed by atoms with Crippen LogP contribution in [0, 0.1) is 23.7 Å². The third-order valence-corrected chi connectivity index (χ3v) is 4.46. The first-order chi connectivity index (χ1) is 9.13. The highest BCUT2D eigenvalue weighted by Crippen LogP contribution is 2.56. The Morgan fingerprint density at radius 1 is 1.26 bits per heavy atom. The number of hydrogen-bond acceptors (Lipinski definition) is 2. The van der Waals surface area contributed by atoms with Crippen LogP contribution in [0.15, 0.2) is 24.3 Å². The van der Waals surface area contributed by atoms with Crippen LogP contribution < -0.4 is 0 Å². The number of allylic oxidation sites excluding steroid dienone is 2. The first kappa shape index (κ1) is 16.0. The zero-order valence-electron chi connectivity index (χ0n) is 12.8. The van der Waals surface area contributed by atoms with Gasteiger partial charge in [0.1, 0.15) is 0 Å². The lowest BCUT2D eigenvalue weighted by Gasteiger charge is -2.23. The van der Waals surface area contributed by atoms with E-state index >= 15 is 0 Å². The second kappa shape index (κ2) is 7.52. The van der Waals surface area contributed by atoms with E-state index in [-0.39, 0.29) is 5.97 Å². The Hall–Kier alpha value is -1.05. The van der Waals surface area contributed by atoms with Crippen LogP contribution in [0.2, 0.25) is 0 Å². The average Bonchev–Trinajstić information content (AvgIpc) is 3.13. The molecule has 2 heteroatoms. The van der Waals surface area contributed by atoms with Crippen molar-refractivity contribution in [3.05, 3.63) is 24.3 Å². The van der Waals surface area contributed by atoms with Crippen molar-refractivity contribution >= 4 is 5.97 Å². The molecular formula is C17H28O2. The molecule has 3 rings (SSSR count). The lowest BCUT2D eigenvalue weighted by molar-refractivity contribution is -0.136. The molecule has 0 aromatic rings. The normalized spacial score (nSPS) is 32.6. The Kier molecular flexibility index (Phi) is 6.33. The van der Waals surface area contributed by atoms with E-state index in [9.17, 15) is 4.79 Å². The second-order valence-corrected chi connectivity index (χ2v) is 5.51. The van der Waals surface area contributed by atoms with E-state index in [0.29, 0.717) is 5.57 Å². The Morgan fingerprint density at radius 2 is 1.89 bits per heavy atom. The fourth-order valence-corrected chi connectivity index (χ4v) is 3.67. The number of methoxy groups -OCH3 is 1. The van der Waals surface area contributed by atoms with Gasteiger partial charge in [-0.3, -0.25) is 0 Å². The second-order valence-electron chi connectivity index (χ2n) is 5.51. The van der Waals surface area contributed by atoms with Crippen molar-refractivity contribution in [2.45, 2.75) is 46.5 Å². The van der Waals surface area contributed by atoms with E-state index in [2.05, 4.69) is 23.5 Å². The fourth-order valence-electron chi connectivity index (χ4n) is 3.67. The zero-order valence-corrected chi connectivity index (χ0v) is 12.8. The summed E-state index contributed by atoms with van der Waals surface area (Å²) in [4.78, 5) is 10.2. The van der Waals surface area contributed by atoms with Crippen LogP contribution in [-0.2, 0) is 9.53 Å². The van der Waals surface area contributed by atoms with Crippen molar-refractivity contribution in [2.24, 2.45) is 23.7 Å². The highest BCUT2D eigenvalue weighted by atomic mass is 16.5. The van der Waals surface area contributed by atoms with Gasteiger partial charge in [0, 0.05) is 5.57 Å². The van der Waals surface area contributed by atoms with E-state index in [1.807, 2.05) is 13.8 Å². The molecule has 0 amide bonds. The summed E-state index contributed by atoms with van der Waals surface area (Å²) in [6.45, 7) is 8.95. The molecule has 2 bridgehead atoms. The first-order valence-electron chi connectivity index (χ1n) is 7.54. The monoisotopic (exact) mass is 264 g/mol. The molecule has 108 valence electrons. The van der Waals surface area contributed by atoms with Crippen LogP contribution >= 0.6 is 0 Å². The Balaban J connectivity index is 0.000000180. The molecule has 3 aliphatic rings. The van der Waals surface area contributed by atoms with Gasteiger partial charge in [0.2, 0.25) is 0 Å². The van der Waals surface area contributed by atoms with Gasteiger partial charge in [-0.25, -0.2) is 4.79 Å². The van der Waals surface area contributed by atoms with E-state index in [1.165, 1.54) is 20.0 Å². The molecule has 0 aromatic carbocycles. The minimum atomic E-state index is -0.347. The van der Waals surface area contributed by atoms with Gasteiger partial charge in [-0.05, 0) is 56.3 Å². The highest BCUT2D eigenvalue weighted by Gasteiger charge is 2.47. The molecule has 2 nitrogen and oxygen atoms in total. The maximum absolute atomic E-state index is 10.2. The van der Waals surface area contributed by atoms with E-state index in [4.69, 9.17) is 0 Å². The standard InChI is InChI=1S/C10H14.C5H8O2.C2H6/c1-2-9-7-4-5-8(6-7)10(9)3-1;1-4(2)5(6)7-3;1-2/h1-2,7-10H,3-6H2;1H2,2-3H3;1-2H3. The van der Waals surface area contributed by atoms with E-state index in [1.54, 1.807) is 19.8 Å². The molecule has 2 fully saturated rings. The van der Waals surface area contributed by atoms with E-state index in [0.717, 1.165) is 23.7 Å². The maximum Gasteiger partial charge on any atom is 0.332 e. The number of carbonyl (C=O) groups is 1. The summed E-state index contributed by atoms with van der Waals surface area (Å²) in [7, 11) is 1.33. The van der Waals surface area contributed by atoms with Gasteiger partial charge in [0.25, 0.3) is 0 Å². The van der Waals surface area contributed by atoms with Crippen LogP contribution in [0.4, 0.5) is 0 Å². The van der Waals surface area contributed by atoms with Crippen LogP contribution in [0.3, 0.4) is 0 Å². The van der Waals surface area contributed by atoms with E-state index < -0.39 is 0 Å². The molecule has 19 heavy (non-hydrogen) atoms. The number of carbonyl (C=O) groups excluding carboxylic acids is 1. The first-order valence-corrected chi connectivity index (χ1v) is 7.54. The zero-order chi connectivity index (χ0) is 14.4. The lowest BCUT2D eigenvalue weighted by Crippen LogP contribution is -2.16. The Morgan fingerprint density at radius 3 is 2.37 bits per heavy atom. The topological polar surface area (TPSA) is 26.3 Å². The van der Waals surface area contributed by atoms with Crippen molar-refractivity contribution in [2.75, 3.05) is 7.11 Å². The van der Waals surface area contributed by atoms with Gasteiger partial charge in [-0.2, -0.15) is 0 Å². The van der Waals surface area contributed by atoms with Crippen molar-refractivity contribution in [1.29, 1.82) is 0 Å². The summed E-state index contributed by atoms with van der Waals surface area (Å²) < 4.78 is 4.27. The molecule has 2 saturated carbocycles. The smallest absolute Gasteiger partial charge is 0.332 e. The minimum Gasteiger partial charge on any atom is -0.466 e. The van der Waals surface area contributed by atoms with Crippen molar-refractivity contribution in [1.82, 2.24) is 0 Å². The van der Waals surface area contributed by atoms with Gasteiger partial charge in [0.05, 0.1) is 7.11 Å². The van der Waals surface area contributed by atoms with Gasteiger partial charge >= 0.3 is 5.97 Å². The van der Waals surface area contributed by atoms with Gasteiger partial charge in [0.15, 0.2) is 0 Å². The molecule has 0 aromatic heterocycles. The van der Waals surface area contributed by atoms with Crippen molar-refractivity contribution in [3.63, 3.8) is 0 Å². The quantitative estimate of drug-likeness (QED) is 0.399. The largest absolute Gasteiger partial charge is 0.466 e. The lowest BCUT2D eigenvalue weighted by atomic mass is 9.82. The molecule has 0 spiro atoms. The third kappa shape index (κ3) is 3.71. The molecular weight excluding hydrogens is 236 g/mol. The van der Waals surface area contributed by atoms with Crippen molar-refractivity contribution in [3.8, 4) is 0 Å². The molecule has 3 aliphatic carbocycles. The van der Waals surface area contributed by atoms with Crippen LogP contribution in [-0.4, -0.2) is 13.1 Å². The SMILES string of the molecule is C1=CC2C3CCC(C3)C2C1.C=C(C)C(=O)OC.CC. The molecule has 0 N–H and O–H groups in total. The molecule has 0 heterocycles. The maximum atomic E-state index is 10.2. The summed E-state index contributed by atoms with van der Waals surface area (Å²) in [5.41, 5.74) is 0.433. The summed E-state index contributed by atoms with van der Waals surface area (Å²) in [6.07, 6.45) is 11.0. The predicted molar refractivity (Wildman–Crippen MR) is 79.7 cm³/mol. The highest BCUT2D eigenvalue weighted by molar-refractivity contribution is 5.86. The molecule has 0 aliphatic heterocycles. The Bertz CT molecular complexity index is 343. The van der Waals surface area contributed by atoms with Gasteiger partial charge < -0.3 is 4.74 Å². The van der Waals surface area contributed by atoms with Crippen LogP contribution in [0.1, 0.15) is 46.5 Å². The summed E-state index contributed by atoms with van der Waals surface area (Å²) >= 11 is 0. The molecule has 0 radical (unpaired) electrons. The van der Waals surface area contributed by atoms with Gasteiger partial charge in [-0.15, -0.1) is 0 Å². The predicted octanol–water partition coefficient (Wildman–Crippen LogP) is 4.37. The van der Waals surface area contributed by atoms with Crippen LogP contribution in [0.5, 0.6) is 0 Å². The number of hydrogen-bond donors (Lipinski definition) is 0.